The fraction of sp³-hybridized carbons (Fsp3) is 0.125. The molecule has 1 saturated carbocycles. The minimum Gasteiger partial charge on any atom is -0.267 e. The first kappa shape index (κ1) is 17.0. The van der Waals surface area contributed by atoms with E-state index in [1.165, 1.54) is 0 Å². The molecule has 4 heterocycles. The van der Waals surface area contributed by atoms with Crippen molar-refractivity contribution in [2.24, 2.45) is 0 Å². The Morgan fingerprint density at radius 1 is 0.900 bits per heavy atom. The second kappa shape index (κ2) is 6.56. The van der Waals surface area contributed by atoms with Gasteiger partial charge in [0, 0.05) is 35.6 Å². The van der Waals surface area contributed by atoms with Gasteiger partial charge in [-0.15, -0.1) is 0 Å². The van der Waals surface area contributed by atoms with Crippen molar-refractivity contribution in [2.45, 2.75) is 18.4 Å². The summed E-state index contributed by atoms with van der Waals surface area (Å²) < 4.78 is 1.61. The van der Waals surface area contributed by atoms with Gasteiger partial charge in [0.2, 0.25) is 0 Å². The van der Waals surface area contributed by atoms with Crippen LogP contribution < -0.4 is 5.56 Å². The van der Waals surface area contributed by atoms with Crippen molar-refractivity contribution >= 4 is 21.8 Å². The highest BCUT2D eigenvalue weighted by Crippen LogP contribution is 2.50. The summed E-state index contributed by atoms with van der Waals surface area (Å²) in [5.41, 5.74) is 4.27. The molecular weight excluding hydrogens is 374 g/mol. The third-order valence-electron chi connectivity index (χ3n) is 5.77. The van der Waals surface area contributed by atoms with Crippen LogP contribution in [0.1, 0.15) is 24.1 Å². The van der Waals surface area contributed by atoms with Crippen molar-refractivity contribution in [3.05, 3.63) is 95.4 Å². The molecule has 2 atom stereocenters. The summed E-state index contributed by atoms with van der Waals surface area (Å²) in [7, 11) is 0. The van der Waals surface area contributed by atoms with Gasteiger partial charge in [0.05, 0.1) is 28.7 Å². The van der Waals surface area contributed by atoms with Crippen LogP contribution in [0.3, 0.4) is 0 Å². The van der Waals surface area contributed by atoms with Crippen molar-refractivity contribution < 1.29 is 0 Å². The van der Waals surface area contributed by atoms with Crippen LogP contribution in [-0.2, 0) is 0 Å². The molecule has 0 spiro atoms. The predicted octanol–water partition coefficient (Wildman–Crippen LogP) is 4.13. The summed E-state index contributed by atoms with van der Waals surface area (Å²) in [5, 5.41) is 6.15. The maximum Gasteiger partial charge on any atom is 0.277 e. The van der Waals surface area contributed by atoms with Crippen LogP contribution in [0.25, 0.3) is 32.9 Å². The Morgan fingerprint density at radius 3 is 2.67 bits per heavy atom. The van der Waals surface area contributed by atoms with Crippen LogP contribution in [0.4, 0.5) is 0 Å². The minimum atomic E-state index is -0.110. The van der Waals surface area contributed by atoms with Crippen molar-refractivity contribution in [1.82, 2.24) is 24.7 Å². The Bertz CT molecular complexity index is 1460. The van der Waals surface area contributed by atoms with Gasteiger partial charge in [-0.25, -0.2) is 4.68 Å². The predicted molar refractivity (Wildman–Crippen MR) is 115 cm³/mol. The van der Waals surface area contributed by atoms with Crippen LogP contribution >= 0.6 is 0 Å². The third-order valence-corrected chi connectivity index (χ3v) is 5.77. The molecule has 6 rings (SSSR count). The molecule has 4 aromatic heterocycles. The molecule has 144 valence electrons. The largest absolute Gasteiger partial charge is 0.277 e. The van der Waals surface area contributed by atoms with Crippen LogP contribution in [0.2, 0.25) is 0 Å². The molecule has 6 heteroatoms. The highest BCUT2D eigenvalue weighted by Gasteiger charge is 2.43. The molecule has 1 aliphatic rings. The molecular formula is C24H17N5O. The molecule has 5 aromatic rings. The fourth-order valence-corrected chi connectivity index (χ4v) is 4.15. The molecule has 0 unspecified atom stereocenters. The number of para-hydroxylation sites is 1. The molecule has 30 heavy (non-hydrogen) atoms. The lowest BCUT2D eigenvalue weighted by Gasteiger charge is -2.09. The Morgan fingerprint density at radius 2 is 1.77 bits per heavy atom. The Labute approximate surface area is 171 Å². The van der Waals surface area contributed by atoms with Crippen molar-refractivity contribution in [3.63, 3.8) is 0 Å². The summed E-state index contributed by atoms with van der Waals surface area (Å²) >= 11 is 0. The number of benzene rings is 1. The van der Waals surface area contributed by atoms with Crippen LogP contribution in [0.15, 0.2) is 84.2 Å². The third kappa shape index (κ3) is 2.69. The van der Waals surface area contributed by atoms with Crippen LogP contribution in [0, 0.1) is 0 Å². The van der Waals surface area contributed by atoms with Gasteiger partial charge < -0.3 is 0 Å². The minimum absolute atomic E-state index is 0.0149. The fourth-order valence-electron chi connectivity index (χ4n) is 4.15. The topological polar surface area (TPSA) is 73.6 Å². The second-order valence-electron chi connectivity index (χ2n) is 7.59. The molecule has 1 aliphatic carbocycles. The van der Waals surface area contributed by atoms with E-state index < -0.39 is 0 Å². The molecule has 1 aromatic carbocycles. The zero-order valence-electron chi connectivity index (χ0n) is 16.0. The lowest BCUT2D eigenvalue weighted by atomic mass is 10.0. The first-order valence-electron chi connectivity index (χ1n) is 9.92. The maximum absolute atomic E-state index is 13.4. The monoisotopic (exact) mass is 391 g/mol. The normalized spacial score (nSPS) is 18.0. The van der Waals surface area contributed by atoms with E-state index in [9.17, 15) is 4.79 Å². The standard InChI is InChI=1S/C24H17N5O/c30-24-23-17(15-7-10-25-11-8-15)9-12-26-21(23)14-27-29(24)22-13-18(22)20-6-5-16-3-1-2-4-19(16)28-20/h1-12,14,18,22H,13H2/t18-,22-/m1/s1. The zero-order chi connectivity index (χ0) is 20.1. The van der Waals surface area contributed by atoms with Gasteiger partial charge >= 0.3 is 0 Å². The van der Waals surface area contributed by atoms with Gasteiger partial charge in [-0.3, -0.25) is 19.7 Å². The molecule has 0 N–H and O–H groups in total. The molecule has 0 amide bonds. The quantitative estimate of drug-likeness (QED) is 0.462. The van der Waals surface area contributed by atoms with E-state index in [2.05, 4.69) is 33.3 Å². The molecule has 0 bridgehead atoms. The highest BCUT2D eigenvalue weighted by molar-refractivity contribution is 5.93. The van der Waals surface area contributed by atoms with E-state index in [0.29, 0.717) is 10.9 Å². The average Bonchev–Trinajstić information content (AvgIpc) is 3.60. The number of pyridine rings is 3. The summed E-state index contributed by atoms with van der Waals surface area (Å²) in [6.07, 6.45) is 7.70. The molecule has 0 saturated heterocycles. The number of hydrogen-bond donors (Lipinski definition) is 0. The molecule has 0 radical (unpaired) electrons. The average molecular weight is 391 g/mol. The summed E-state index contributed by atoms with van der Waals surface area (Å²) in [4.78, 5) is 26.7. The first-order chi connectivity index (χ1) is 14.8. The second-order valence-corrected chi connectivity index (χ2v) is 7.59. The van der Waals surface area contributed by atoms with E-state index in [4.69, 9.17) is 4.98 Å². The van der Waals surface area contributed by atoms with E-state index in [1.807, 2.05) is 36.4 Å². The summed E-state index contributed by atoms with van der Waals surface area (Å²) in [6, 6.07) is 17.9. The van der Waals surface area contributed by atoms with Crippen molar-refractivity contribution in [2.75, 3.05) is 0 Å². The van der Waals surface area contributed by atoms with Gasteiger partial charge in [0.15, 0.2) is 0 Å². The van der Waals surface area contributed by atoms with E-state index in [1.54, 1.807) is 29.5 Å². The van der Waals surface area contributed by atoms with Crippen LogP contribution in [-0.4, -0.2) is 24.7 Å². The van der Waals surface area contributed by atoms with Crippen molar-refractivity contribution in [3.8, 4) is 11.1 Å². The number of aromatic nitrogens is 5. The lowest BCUT2D eigenvalue weighted by molar-refractivity contribution is 0.589. The SMILES string of the molecule is O=c1c2c(-c3ccncc3)ccnc2cnn1[C@@H]1C[C@@H]1c1ccc2ccccc2n1. The molecule has 1 fully saturated rings. The van der Waals surface area contributed by atoms with Crippen molar-refractivity contribution in [1.29, 1.82) is 0 Å². The molecule has 0 aliphatic heterocycles. The summed E-state index contributed by atoms with van der Waals surface area (Å²) in [6.45, 7) is 0. The Kier molecular flexibility index (Phi) is 3.71. The van der Waals surface area contributed by atoms with E-state index >= 15 is 0 Å². The number of nitrogens with zero attached hydrogens (tertiary/aromatic N) is 5. The van der Waals surface area contributed by atoms with Gasteiger partial charge in [-0.2, -0.15) is 5.10 Å². The number of rotatable bonds is 3. The summed E-state index contributed by atoms with van der Waals surface area (Å²) in [5.74, 6) is 0.193. The van der Waals surface area contributed by atoms with Gasteiger partial charge in [0.1, 0.15) is 0 Å². The first-order valence-corrected chi connectivity index (χ1v) is 9.92. The van der Waals surface area contributed by atoms with Gasteiger partial charge in [0.25, 0.3) is 5.56 Å². The number of fused-ring (bicyclic) bond motifs is 2. The smallest absolute Gasteiger partial charge is 0.267 e. The maximum atomic E-state index is 13.4. The van der Waals surface area contributed by atoms with Gasteiger partial charge in [-0.1, -0.05) is 24.3 Å². The number of hydrogen-bond acceptors (Lipinski definition) is 5. The lowest BCUT2D eigenvalue weighted by Crippen LogP contribution is -2.23. The Hall–Kier alpha value is -3.93. The van der Waals surface area contributed by atoms with E-state index in [-0.39, 0.29) is 17.5 Å². The van der Waals surface area contributed by atoms with Crippen LogP contribution in [0.5, 0.6) is 0 Å². The molecule has 6 nitrogen and oxygen atoms in total. The Balaban J connectivity index is 1.43. The van der Waals surface area contributed by atoms with E-state index in [0.717, 1.165) is 34.1 Å². The van der Waals surface area contributed by atoms with Gasteiger partial charge in [-0.05, 0) is 47.9 Å². The zero-order valence-corrected chi connectivity index (χ0v) is 16.0. The highest BCUT2D eigenvalue weighted by atomic mass is 16.1.